The van der Waals surface area contributed by atoms with Gasteiger partial charge in [-0.05, 0) is 18.2 Å². The summed E-state index contributed by atoms with van der Waals surface area (Å²) in [6.45, 7) is -0.347. The first kappa shape index (κ1) is 13.0. The fraction of sp³-hybridized carbons (Fsp3) is 0.300. The van der Waals surface area contributed by atoms with Crippen molar-refractivity contribution in [2.45, 2.75) is 11.0 Å². The third-order valence-corrected chi connectivity index (χ3v) is 3.08. The van der Waals surface area contributed by atoms with Gasteiger partial charge in [-0.2, -0.15) is 0 Å². The standard InChI is InChI=1S/C10H13FN2O2S/c11-8-3-6(10(12)13)1-2-9(8)16-5-7(15)4-14/h1-3,7,14-15H,4-5H2,(H3,12,13). The summed E-state index contributed by atoms with van der Waals surface area (Å²) in [5.41, 5.74) is 5.54. The largest absolute Gasteiger partial charge is 0.394 e. The highest BCUT2D eigenvalue weighted by Crippen LogP contribution is 2.23. The molecule has 0 bridgehead atoms. The number of hydrogen-bond acceptors (Lipinski definition) is 4. The fourth-order valence-corrected chi connectivity index (χ4v) is 1.86. The molecule has 1 aromatic carbocycles. The average Bonchev–Trinajstić information content (AvgIpc) is 2.26. The van der Waals surface area contributed by atoms with E-state index in [9.17, 15) is 4.39 Å². The summed E-state index contributed by atoms with van der Waals surface area (Å²) < 4.78 is 13.4. The van der Waals surface area contributed by atoms with Crippen LogP contribution in [0.4, 0.5) is 4.39 Å². The van der Waals surface area contributed by atoms with E-state index in [1.54, 1.807) is 6.07 Å². The van der Waals surface area contributed by atoms with Crippen LogP contribution in [0, 0.1) is 11.2 Å². The van der Waals surface area contributed by atoms with Crippen molar-refractivity contribution in [1.82, 2.24) is 0 Å². The molecule has 16 heavy (non-hydrogen) atoms. The second-order valence-corrected chi connectivity index (χ2v) is 4.27. The number of hydrogen-bond donors (Lipinski definition) is 4. The number of nitrogen functional groups attached to an aromatic ring is 1. The molecule has 0 fully saturated rings. The maximum Gasteiger partial charge on any atom is 0.137 e. The summed E-state index contributed by atoms with van der Waals surface area (Å²) >= 11 is 1.10. The molecular weight excluding hydrogens is 231 g/mol. The number of thioether (sulfide) groups is 1. The van der Waals surface area contributed by atoms with Gasteiger partial charge in [-0.25, -0.2) is 4.39 Å². The second kappa shape index (κ2) is 5.83. The smallest absolute Gasteiger partial charge is 0.137 e. The van der Waals surface area contributed by atoms with Crippen molar-refractivity contribution < 1.29 is 14.6 Å². The van der Waals surface area contributed by atoms with Gasteiger partial charge in [0.2, 0.25) is 0 Å². The molecule has 1 unspecified atom stereocenters. The Kier molecular flexibility index (Phi) is 4.72. The second-order valence-electron chi connectivity index (χ2n) is 3.21. The minimum atomic E-state index is -0.864. The lowest BCUT2D eigenvalue weighted by atomic mass is 10.2. The van der Waals surface area contributed by atoms with Crippen molar-refractivity contribution in [2.24, 2.45) is 5.73 Å². The zero-order valence-corrected chi connectivity index (χ0v) is 9.30. The highest BCUT2D eigenvalue weighted by Gasteiger charge is 2.08. The van der Waals surface area contributed by atoms with Gasteiger partial charge in [-0.3, -0.25) is 5.41 Å². The Labute approximate surface area is 96.8 Å². The van der Waals surface area contributed by atoms with Crippen LogP contribution in [0.2, 0.25) is 0 Å². The number of nitrogens with one attached hydrogen (secondary N) is 1. The van der Waals surface area contributed by atoms with E-state index in [2.05, 4.69) is 0 Å². The minimum absolute atomic E-state index is 0.189. The average molecular weight is 244 g/mol. The van der Waals surface area contributed by atoms with Crippen LogP contribution in [0.1, 0.15) is 5.56 Å². The molecule has 6 heteroatoms. The lowest BCUT2D eigenvalue weighted by Gasteiger charge is -2.08. The molecule has 5 N–H and O–H groups in total. The van der Waals surface area contributed by atoms with Gasteiger partial charge in [-0.15, -0.1) is 11.8 Å². The molecule has 0 aliphatic heterocycles. The molecule has 0 heterocycles. The zero-order chi connectivity index (χ0) is 12.1. The summed E-state index contributed by atoms with van der Waals surface area (Å²) in [7, 11) is 0. The number of nitrogens with two attached hydrogens (primary N) is 1. The summed E-state index contributed by atoms with van der Waals surface area (Å²) in [6.07, 6.45) is -0.864. The SMILES string of the molecule is N=C(N)c1ccc(SCC(O)CO)c(F)c1. The maximum absolute atomic E-state index is 13.4. The predicted octanol–water partition coefficient (Wildman–Crippen LogP) is 0.555. The molecule has 4 nitrogen and oxygen atoms in total. The van der Waals surface area contributed by atoms with E-state index in [0.29, 0.717) is 10.5 Å². The molecule has 0 saturated heterocycles. The van der Waals surface area contributed by atoms with Crippen LogP contribution in [0.15, 0.2) is 23.1 Å². The van der Waals surface area contributed by atoms with Crippen molar-refractivity contribution in [1.29, 1.82) is 5.41 Å². The van der Waals surface area contributed by atoms with Crippen molar-refractivity contribution in [3.05, 3.63) is 29.6 Å². The van der Waals surface area contributed by atoms with Crippen LogP contribution in [-0.2, 0) is 0 Å². The molecular formula is C10H13FN2O2S. The van der Waals surface area contributed by atoms with E-state index in [1.807, 2.05) is 0 Å². The van der Waals surface area contributed by atoms with Gasteiger partial charge in [0.05, 0.1) is 12.7 Å². The van der Waals surface area contributed by atoms with Crippen LogP contribution in [0.25, 0.3) is 0 Å². The first-order chi connectivity index (χ1) is 7.54. The van der Waals surface area contributed by atoms with Crippen molar-refractivity contribution in [3.8, 4) is 0 Å². The van der Waals surface area contributed by atoms with Gasteiger partial charge in [0.15, 0.2) is 0 Å². The summed E-state index contributed by atoms with van der Waals surface area (Å²) in [5.74, 6) is -0.457. The van der Waals surface area contributed by atoms with Crippen LogP contribution in [-0.4, -0.2) is 34.5 Å². The lowest BCUT2D eigenvalue weighted by molar-refractivity contribution is 0.113. The van der Waals surface area contributed by atoms with Gasteiger partial charge >= 0.3 is 0 Å². The topological polar surface area (TPSA) is 90.3 Å². The molecule has 1 rings (SSSR count). The highest BCUT2D eigenvalue weighted by atomic mass is 32.2. The molecule has 0 aliphatic carbocycles. The molecule has 0 saturated carbocycles. The normalized spacial score (nSPS) is 12.4. The van der Waals surface area contributed by atoms with Crippen LogP contribution in [0.3, 0.4) is 0 Å². The number of halogens is 1. The zero-order valence-electron chi connectivity index (χ0n) is 8.48. The van der Waals surface area contributed by atoms with Crippen molar-refractivity contribution in [2.75, 3.05) is 12.4 Å². The molecule has 1 aromatic rings. The molecule has 0 aromatic heterocycles. The van der Waals surface area contributed by atoms with E-state index >= 15 is 0 Å². The summed E-state index contributed by atoms with van der Waals surface area (Å²) in [6, 6.07) is 4.22. The number of aliphatic hydroxyl groups is 2. The van der Waals surface area contributed by atoms with Gasteiger partial charge in [0.1, 0.15) is 11.7 Å². The molecule has 0 radical (unpaired) electrons. The molecule has 1 atom stereocenters. The predicted molar refractivity (Wildman–Crippen MR) is 61.2 cm³/mol. The van der Waals surface area contributed by atoms with E-state index < -0.39 is 11.9 Å². The van der Waals surface area contributed by atoms with Gasteiger partial charge < -0.3 is 15.9 Å². The quantitative estimate of drug-likeness (QED) is 0.346. The molecule has 0 amide bonds. The third-order valence-electron chi connectivity index (χ3n) is 1.88. The first-order valence-electron chi connectivity index (χ1n) is 4.60. The van der Waals surface area contributed by atoms with Gasteiger partial charge in [-0.1, -0.05) is 0 Å². The lowest BCUT2D eigenvalue weighted by Crippen LogP contribution is -2.15. The minimum Gasteiger partial charge on any atom is -0.394 e. The third kappa shape index (κ3) is 3.48. The molecule has 88 valence electrons. The Hall–Kier alpha value is -1.11. The van der Waals surface area contributed by atoms with Gasteiger partial charge in [0, 0.05) is 16.2 Å². The molecule has 0 spiro atoms. The molecule has 0 aliphatic rings. The van der Waals surface area contributed by atoms with Crippen molar-refractivity contribution in [3.63, 3.8) is 0 Å². The van der Waals surface area contributed by atoms with E-state index in [0.717, 1.165) is 11.8 Å². The maximum atomic E-state index is 13.4. The summed E-state index contributed by atoms with van der Waals surface area (Å²) in [5, 5.41) is 24.8. The van der Waals surface area contributed by atoms with Gasteiger partial charge in [0.25, 0.3) is 0 Å². The van der Waals surface area contributed by atoms with Crippen molar-refractivity contribution >= 4 is 17.6 Å². The Balaban J connectivity index is 2.72. The number of rotatable bonds is 5. The number of amidine groups is 1. The Morgan fingerprint density at radius 1 is 1.56 bits per heavy atom. The number of aliphatic hydroxyl groups excluding tert-OH is 2. The Bertz CT molecular complexity index is 387. The monoisotopic (exact) mass is 244 g/mol. The highest BCUT2D eigenvalue weighted by molar-refractivity contribution is 7.99. The number of benzene rings is 1. The fourth-order valence-electron chi connectivity index (χ4n) is 1.02. The van der Waals surface area contributed by atoms with Crippen LogP contribution in [0.5, 0.6) is 0 Å². The Morgan fingerprint density at radius 3 is 2.75 bits per heavy atom. The van der Waals surface area contributed by atoms with E-state index in [-0.39, 0.29) is 18.2 Å². The summed E-state index contributed by atoms with van der Waals surface area (Å²) in [4.78, 5) is 0.359. The van der Waals surface area contributed by atoms with Crippen LogP contribution >= 0.6 is 11.8 Å². The van der Waals surface area contributed by atoms with Crippen LogP contribution < -0.4 is 5.73 Å². The Morgan fingerprint density at radius 2 is 2.25 bits per heavy atom. The van der Waals surface area contributed by atoms with E-state index in [4.69, 9.17) is 21.4 Å². The van der Waals surface area contributed by atoms with E-state index in [1.165, 1.54) is 12.1 Å². The first-order valence-corrected chi connectivity index (χ1v) is 5.59.